The van der Waals surface area contributed by atoms with Gasteiger partial charge in [-0.1, -0.05) is 0 Å². The molecule has 1 fully saturated rings. The summed E-state index contributed by atoms with van der Waals surface area (Å²) in [5.41, 5.74) is 0. The predicted molar refractivity (Wildman–Crippen MR) is 27.9 cm³/mol. The molecule has 0 saturated heterocycles. The van der Waals surface area contributed by atoms with E-state index in [1.807, 2.05) is 0 Å². The number of hydrogen-bond acceptors (Lipinski definition) is 3. The van der Waals surface area contributed by atoms with E-state index < -0.39 is 0 Å². The van der Waals surface area contributed by atoms with E-state index in [0.29, 0.717) is 12.8 Å². The minimum atomic E-state index is 0.00231. The van der Waals surface area contributed by atoms with E-state index in [0.717, 1.165) is 6.42 Å². The van der Waals surface area contributed by atoms with Gasteiger partial charge in [0.15, 0.2) is 0 Å². The lowest BCUT2D eigenvalue weighted by molar-refractivity contribution is -0.118. The first-order valence-electron chi connectivity index (χ1n) is 2.70. The summed E-state index contributed by atoms with van der Waals surface area (Å²) in [5.74, 6) is 5.11. The molecule has 0 aliphatic heterocycles. The molecule has 0 amide bonds. The first-order valence-corrected chi connectivity index (χ1v) is 2.70. The van der Waals surface area contributed by atoms with Gasteiger partial charge in [0, 0.05) is 12.8 Å². The third-order valence-electron chi connectivity index (χ3n) is 1.39. The summed E-state index contributed by atoms with van der Waals surface area (Å²) in [5, 5.41) is 0. The van der Waals surface area contributed by atoms with Crippen molar-refractivity contribution in [2.75, 3.05) is 0 Å². The quantitative estimate of drug-likeness (QED) is 0.489. The molecule has 0 radical (unpaired) electrons. The van der Waals surface area contributed by atoms with E-state index in [-0.39, 0.29) is 11.9 Å². The fourth-order valence-corrected chi connectivity index (χ4v) is 0.896. The smallest absolute Gasteiger partial charge is 0.135 e. The Bertz CT molecular complexity index is 103. The summed E-state index contributed by atoms with van der Waals surface area (Å²) in [6, 6.07) is 0. The maximum atomic E-state index is 10.5. The monoisotopic (exact) mass is 115 g/mol. The van der Waals surface area contributed by atoms with Crippen molar-refractivity contribution in [1.82, 2.24) is 0 Å². The normalized spacial score (nSPS) is 29.1. The van der Waals surface area contributed by atoms with Gasteiger partial charge in [0.2, 0.25) is 0 Å². The molecule has 1 aliphatic rings. The van der Waals surface area contributed by atoms with E-state index in [1.54, 1.807) is 0 Å². The van der Waals surface area contributed by atoms with Gasteiger partial charge in [-0.25, -0.2) is 5.90 Å². The number of ketones is 1. The van der Waals surface area contributed by atoms with Gasteiger partial charge in [-0.15, -0.1) is 0 Å². The molecule has 0 heterocycles. The molecule has 1 atom stereocenters. The Morgan fingerprint density at radius 1 is 1.75 bits per heavy atom. The molecule has 0 spiro atoms. The molecule has 1 saturated carbocycles. The number of Topliss-reactive ketones (excluding diaryl/α,β-unsaturated/α-hetero) is 1. The average Bonchev–Trinajstić information content (AvgIpc) is 2.14. The number of rotatable bonds is 1. The SMILES string of the molecule is NO[C@H]1CCC(=O)C1. The zero-order valence-electron chi connectivity index (χ0n) is 4.59. The fraction of sp³-hybridized carbons (Fsp3) is 0.800. The van der Waals surface area contributed by atoms with Crippen LogP contribution in [-0.4, -0.2) is 11.9 Å². The second-order valence-corrected chi connectivity index (χ2v) is 2.04. The molecule has 1 aliphatic carbocycles. The summed E-state index contributed by atoms with van der Waals surface area (Å²) in [6.07, 6.45) is 1.95. The summed E-state index contributed by atoms with van der Waals surface area (Å²) in [4.78, 5) is 14.9. The maximum Gasteiger partial charge on any atom is 0.135 e. The van der Waals surface area contributed by atoms with Crippen molar-refractivity contribution >= 4 is 5.78 Å². The second-order valence-electron chi connectivity index (χ2n) is 2.04. The zero-order valence-corrected chi connectivity index (χ0v) is 4.59. The standard InChI is InChI=1S/C5H9NO2/c6-8-5-2-1-4(7)3-5/h5H,1-3,6H2/t5-/m0/s1. The van der Waals surface area contributed by atoms with Gasteiger partial charge in [0.1, 0.15) is 5.78 Å². The molecular weight excluding hydrogens is 106 g/mol. The van der Waals surface area contributed by atoms with Gasteiger partial charge in [0.25, 0.3) is 0 Å². The number of nitrogens with two attached hydrogens (primary N) is 1. The van der Waals surface area contributed by atoms with E-state index >= 15 is 0 Å². The number of hydrogen-bond donors (Lipinski definition) is 1. The van der Waals surface area contributed by atoms with E-state index in [4.69, 9.17) is 5.90 Å². The highest BCUT2D eigenvalue weighted by Crippen LogP contribution is 2.15. The molecule has 3 heteroatoms. The summed E-state index contributed by atoms with van der Waals surface area (Å²) in [7, 11) is 0. The molecule has 0 bridgehead atoms. The van der Waals surface area contributed by atoms with Crippen LogP contribution in [0, 0.1) is 0 Å². The molecule has 8 heavy (non-hydrogen) atoms. The van der Waals surface area contributed by atoms with Crippen molar-refractivity contribution in [2.45, 2.75) is 25.4 Å². The van der Waals surface area contributed by atoms with E-state index in [9.17, 15) is 4.79 Å². The largest absolute Gasteiger partial charge is 0.301 e. The van der Waals surface area contributed by atoms with Crippen LogP contribution in [0.15, 0.2) is 0 Å². The topological polar surface area (TPSA) is 52.3 Å². The highest BCUT2D eigenvalue weighted by Gasteiger charge is 2.21. The van der Waals surface area contributed by atoms with Crippen molar-refractivity contribution in [3.05, 3.63) is 0 Å². The molecule has 0 aromatic heterocycles. The highest BCUT2D eigenvalue weighted by molar-refractivity contribution is 5.80. The van der Waals surface area contributed by atoms with Crippen LogP contribution >= 0.6 is 0 Å². The zero-order chi connectivity index (χ0) is 5.98. The molecule has 0 unspecified atom stereocenters. The molecule has 3 nitrogen and oxygen atoms in total. The number of carbonyl (C=O) groups is 1. The first-order chi connectivity index (χ1) is 3.83. The Morgan fingerprint density at radius 2 is 2.50 bits per heavy atom. The average molecular weight is 115 g/mol. The third kappa shape index (κ3) is 1.05. The Morgan fingerprint density at radius 3 is 2.75 bits per heavy atom. The van der Waals surface area contributed by atoms with E-state index in [1.165, 1.54) is 0 Å². The molecule has 2 N–H and O–H groups in total. The first kappa shape index (κ1) is 5.72. The van der Waals surface area contributed by atoms with Crippen LogP contribution in [-0.2, 0) is 9.63 Å². The Labute approximate surface area is 47.8 Å². The molecule has 46 valence electrons. The Hall–Kier alpha value is -0.410. The fourth-order valence-electron chi connectivity index (χ4n) is 0.896. The highest BCUT2D eigenvalue weighted by atomic mass is 16.6. The minimum absolute atomic E-state index is 0.00231. The van der Waals surface area contributed by atoms with Crippen LogP contribution in [0.2, 0.25) is 0 Å². The predicted octanol–water partition coefficient (Wildman–Crippen LogP) is -0.00170. The lowest BCUT2D eigenvalue weighted by Gasteiger charge is -2.00. The van der Waals surface area contributed by atoms with Crippen LogP contribution in [0.25, 0.3) is 0 Å². The summed E-state index contributed by atoms with van der Waals surface area (Å²) in [6.45, 7) is 0. The van der Waals surface area contributed by atoms with Crippen molar-refractivity contribution in [3.8, 4) is 0 Å². The third-order valence-corrected chi connectivity index (χ3v) is 1.39. The molecule has 1 rings (SSSR count). The van der Waals surface area contributed by atoms with Gasteiger partial charge in [-0.3, -0.25) is 4.79 Å². The van der Waals surface area contributed by atoms with Gasteiger partial charge < -0.3 is 4.84 Å². The van der Waals surface area contributed by atoms with Crippen molar-refractivity contribution < 1.29 is 9.63 Å². The Kier molecular flexibility index (Phi) is 1.60. The minimum Gasteiger partial charge on any atom is -0.301 e. The van der Waals surface area contributed by atoms with Crippen LogP contribution in [0.1, 0.15) is 19.3 Å². The molecule has 0 aromatic rings. The van der Waals surface area contributed by atoms with Gasteiger partial charge >= 0.3 is 0 Å². The van der Waals surface area contributed by atoms with Crippen LogP contribution in [0.3, 0.4) is 0 Å². The van der Waals surface area contributed by atoms with Crippen LogP contribution in [0.4, 0.5) is 0 Å². The maximum absolute atomic E-state index is 10.5. The van der Waals surface area contributed by atoms with Gasteiger partial charge in [-0.2, -0.15) is 0 Å². The molecular formula is C5H9NO2. The van der Waals surface area contributed by atoms with Gasteiger partial charge in [-0.05, 0) is 6.42 Å². The van der Waals surface area contributed by atoms with Crippen molar-refractivity contribution in [1.29, 1.82) is 0 Å². The van der Waals surface area contributed by atoms with Crippen molar-refractivity contribution in [3.63, 3.8) is 0 Å². The second kappa shape index (κ2) is 2.24. The lowest BCUT2D eigenvalue weighted by atomic mass is 10.3. The summed E-state index contributed by atoms with van der Waals surface area (Å²) < 4.78 is 0. The van der Waals surface area contributed by atoms with Crippen LogP contribution in [0.5, 0.6) is 0 Å². The summed E-state index contributed by atoms with van der Waals surface area (Å²) >= 11 is 0. The van der Waals surface area contributed by atoms with Crippen molar-refractivity contribution in [2.24, 2.45) is 5.90 Å². The lowest BCUT2D eigenvalue weighted by Crippen LogP contribution is -2.12. The van der Waals surface area contributed by atoms with E-state index in [2.05, 4.69) is 4.84 Å². The van der Waals surface area contributed by atoms with Gasteiger partial charge in [0.05, 0.1) is 6.10 Å². The molecule has 0 aromatic carbocycles. The number of carbonyl (C=O) groups excluding carboxylic acids is 1. The van der Waals surface area contributed by atoms with Crippen LogP contribution < -0.4 is 5.90 Å². The Balaban J connectivity index is 2.32.